The van der Waals surface area contributed by atoms with Gasteiger partial charge in [0.15, 0.2) is 0 Å². The second-order valence-corrected chi connectivity index (χ2v) is 3.74. The monoisotopic (exact) mass is 184 g/mol. The van der Waals surface area contributed by atoms with E-state index in [0.29, 0.717) is 19.2 Å². The number of morpholine rings is 1. The Balaban J connectivity index is 1.86. The van der Waals surface area contributed by atoms with Crippen LogP contribution in [0, 0.1) is 0 Å². The van der Waals surface area contributed by atoms with Crippen molar-refractivity contribution in [1.29, 1.82) is 0 Å². The summed E-state index contributed by atoms with van der Waals surface area (Å²) in [5.41, 5.74) is 0. The van der Waals surface area contributed by atoms with Crippen molar-refractivity contribution in [1.82, 2.24) is 10.2 Å². The topological polar surface area (TPSA) is 41.6 Å². The molecule has 1 saturated carbocycles. The molecular weight excluding hydrogens is 168 g/mol. The number of carbonyl (C=O) groups is 1. The summed E-state index contributed by atoms with van der Waals surface area (Å²) in [6.07, 6.45) is 2.06. The van der Waals surface area contributed by atoms with Crippen molar-refractivity contribution in [3.05, 3.63) is 0 Å². The standard InChI is InChI=1S/C9H16N2O2/c1-11(7-2-3-7)9(12)8-6-10-4-5-13-8/h7-8,10H,2-6H2,1H3. The normalized spacial score (nSPS) is 28.5. The molecule has 1 aliphatic heterocycles. The van der Waals surface area contributed by atoms with Gasteiger partial charge >= 0.3 is 0 Å². The quantitative estimate of drug-likeness (QED) is 0.634. The van der Waals surface area contributed by atoms with E-state index < -0.39 is 0 Å². The Kier molecular flexibility index (Phi) is 2.51. The van der Waals surface area contributed by atoms with Crippen LogP contribution in [0.2, 0.25) is 0 Å². The predicted molar refractivity (Wildman–Crippen MR) is 48.4 cm³/mol. The third-order valence-electron chi connectivity index (χ3n) is 2.65. The Bertz CT molecular complexity index is 198. The maximum absolute atomic E-state index is 11.7. The second-order valence-electron chi connectivity index (χ2n) is 3.74. The minimum atomic E-state index is -0.251. The van der Waals surface area contributed by atoms with E-state index in [-0.39, 0.29) is 12.0 Å². The van der Waals surface area contributed by atoms with E-state index >= 15 is 0 Å². The zero-order valence-electron chi connectivity index (χ0n) is 7.95. The molecule has 2 rings (SSSR count). The number of rotatable bonds is 2. The van der Waals surface area contributed by atoms with Crippen molar-refractivity contribution >= 4 is 5.91 Å². The molecule has 4 nitrogen and oxygen atoms in total. The smallest absolute Gasteiger partial charge is 0.253 e. The molecule has 0 aromatic rings. The fraction of sp³-hybridized carbons (Fsp3) is 0.889. The van der Waals surface area contributed by atoms with Crippen molar-refractivity contribution in [2.24, 2.45) is 0 Å². The Hall–Kier alpha value is -0.610. The zero-order chi connectivity index (χ0) is 9.26. The van der Waals surface area contributed by atoms with Gasteiger partial charge in [0, 0.05) is 26.2 Å². The maximum Gasteiger partial charge on any atom is 0.253 e. The summed E-state index contributed by atoms with van der Waals surface area (Å²) in [6.45, 7) is 2.17. The number of hydrogen-bond acceptors (Lipinski definition) is 3. The molecule has 0 radical (unpaired) electrons. The zero-order valence-corrected chi connectivity index (χ0v) is 7.95. The second kappa shape index (κ2) is 3.64. The number of carbonyl (C=O) groups excluding carboxylic acids is 1. The first-order valence-corrected chi connectivity index (χ1v) is 4.88. The van der Waals surface area contributed by atoms with Gasteiger partial charge in [-0.15, -0.1) is 0 Å². The lowest BCUT2D eigenvalue weighted by Gasteiger charge is -2.27. The Labute approximate surface area is 78.2 Å². The molecule has 13 heavy (non-hydrogen) atoms. The molecule has 2 aliphatic rings. The Morgan fingerprint density at radius 3 is 2.85 bits per heavy atom. The van der Waals surface area contributed by atoms with Gasteiger partial charge in [-0.1, -0.05) is 0 Å². The summed E-state index contributed by atoms with van der Waals surface area (Å²) in [5.74, 6) is 0.134. The number of hydrogen-bond donors (Lipinski definition) is 1. The van der Waals surface area contributed by atoms with E-state index in [9.17, 15) is 4.79 Å². The number of ether oxygens (including phenoxy) is 1. The summed E-state index contributed by atoms with van der Waals surface area (Å²) in [4.78, 5) is 13.6. The molecule has 1 amide bonds. The molecular formula is C9H16N2O2. The van der Waals surface area contributed by atoms with E-state index in [4.69, 9.17) is 4.74 Å². The van der Waals surface area contributed by atoms with Crippen molar-refractivity contribution in [3.63, 3.8) is 0 Å². The minimum Gasteiger partial charge on any atom is -0.366 e. The summed E-state index contributed by atoms with van der Waals surface area (Å²) >= 11 is 0. The number of likely N-dealkylation sites (N-methyl/N-ethyl adjacent to an activating group) is 1. The Morgan fingerprint density at radius 2 is 2.31 bits per heavy atom. The van der Waals surface area contributed by atoms with E-state index in [1.54, 1.807) is 0 Å². The van der Waals surface area contributed by atoms with Gasteiger partial charge in [0.05, 0.1) is 6.61 Å². The molecule has 1 heterocycles. The number of nitrogens with zero attached hydrogens (tertiary/aromatic N) is 1. The molecule has 1 aliphatic carbocycles. The lowest BCUT2D eigenvalue weighted by atomic mass is 10.2. The van der Waals surface area contributed by atoms with E-state index in [1.807, 2.05) is 11.9 Å². The first kappa shape index (κ1) is 8.97. The summed E-state index contributed by atoms with van der Waals surface area (Å²) in [7, 11) is 1.87. The van der Waals surface area contributed by atoms with Gasteiger partial charge in [0.2, 0.25) is 0 Å². The lowest BCUT2D eigenvalue weighted by Crippen LogP contribution is -2.48. The minimum absolute atomic E-state index is 0.134. The van der Waals surface area contributed by atoms with Gasteiger partial charge in [0.1, 0.15) is 6.10 Å². The first-order chi connectivity index (χ1) is 6.29. The van der Waals surface area contributed by atoms with Crippen molar-refractivity contribution in [2.45, 2.75) is 25.0 Å². The van der Waals surface area contributed by atoms with Crippen LogP contribution in [0.25, 0.3) is 0 Å². The van der Waals surface area contributed by atoms with Crippen LogP contribution in [-0.4, -0.2) is 49.7 Å². The molecule has 4 heteroatoms. The third-order valence-corrected chi connectivity index (χ3v) is 2.65. The highest BCUT2D eigenvalue weighted by Crippen LogP contribution is 2.26. The highest BCUT2D eigenvalue weighted by molar-refractivity contribution is 5.81. The summed E-state index contributed by atoms with van der Waals surface area (Å²) in [6, 6.07) is 0.484. The van der Waals surface area contributed by atoms with Crippen LogP contribution in [0.15, 0.2) is 0 Å². The molecule has 0 bridgehead atoms. The molecule has 1 N–H and O–H groups in total. The van der Waals surface area contributed by atoms with Gasteiger partial charge in [-0.25, -0.2) is 0 Å². The highest BCUT2D eigenvalue weighted by Gasteiger charge is 2.34. The van der Waals surface area contributed by atoms with Crippen LogP contribution in [0.5, 0.6) is 0 Å². The van der Waals surface area contributed by atoms with E-state index in [2.05, 4.69) is 5.32 Å². The fourth-order valence-corrected chi connectivity index (χ4v) is 1.59. The average molecular weight is 184 g/mol. The van der Waals surface area contributed by atoms with Crippen LogP contribution < -0.4 is 5.32 Å². The average Bonchev–Trinajstić information content (AvgIpc) is 3.00. The summed E-state index contributed by atoms with van der Waals surface area (Å²) in [5, 5.41) is 3.16. The molecule has 74 valence electrons. The largest absolute Gasteiger partial charge is 0.366 e. The first-order valence-electron chi connectivity index (χ1n) is 4.88. The molecule has 1 unspecified atom stereocenters. The van der Waals surface area contributed by atoms with Gasteiger partial charge in [0.25, 0.3) is 5.91 Å². The van der Waals surface area contributed by atoms with E-state index in [0.717, 1.165) is 19.4 Å². The summed E-state index contributed by atoms with van der Waals surface area (Å²) < 4.78 is 5.39. The fourth-order valence-electron chi connectivity index (χ4n) is 1.59. The lowest BCUT2D eigenvalue weighted by molar-refractivity contribution is -0.144. The van der Waals surface area contributed by atoms with Crippen molar-refractivity contribution < 1.29 is 9.53 Å². The SMILES string of the molecule is CN(C(=O)C1CNCCO1)C1CC1. The van der Waals surface area contributed by atoms with Crippen molar-refractivity contribution in [3.8, 4) is 0 Å². The van der Waals surface area contributed by atoms with Crippen LogP contribution in [0.1, 0.15) is 12.8 Å². The van der Waals surface area contributed by atoms with Crippen LogP contribution >= 0.6 is 0 Å². The van der Waals surface area contributed by atoms with Crippen LogP contribution in [0.4, 0.5) is 0 Å². The Morgan fingerprint density at radius 1 is 1.54 bits per heavy atom. The maximum atomic E-state index is 11.7. The van der Waals surface area contributed by atoms with Gasteiger partial charge in [-0.05, 0) is 12.8 Å². The van der Waals surface area contributed by atoms with Gasteiger partial charge in [-0.2, -0.15) is 0 Å². The molecule has 0 aromatic carbocycles. The molecule has 1 saturated heterocycles. The van der Waals surface area contributed by atoms with Crippen LogP contribution in [0.3, 0.4) is 0 Å². The molecule has 1 atom stereocenters. The van der Waals surface area contributed by atoms with Gasteiger partial charge < -0.3 is 15.0 Å². The molecule has 2 fully saturated rings. The van der Waals surface area contributed by atoms with Gasteiger partial charge in [-0.3, -0.25) is 4.79 Å². The predicted octanol–water partition coefficient (Wildman–Crippen LogP) is -0.404. The number of nitrogens with one attached hydrogen (secondary N) is 1. The molecule has 0 aromatic heterocycles. The van der Waals surface area contributed by atoms with Crippen LogP contribution in [-0.2, 0) is 9.53 Å². The number of amides is 1. The van der Waals surface area contributed by atoms with E-state index in [1.165, 1.54) is 0 Å². The third kappa shape index (κ3) is 2.00. The molecule has 0 spiro atoms. The highest BCUT2D eigenvalue weighted by atomic mass is 16.5. The van der Waals surface area contributed by atoms with Crippen molar-refractivity contribution in [2.75, 3.05) is 26.7 Å².